The molecular weight excluding hydrogens is 294 g/mol. The second kappa shape index (κ2) is 6.50. The lowest BCUT2D eigenvalue weighted by molar-refractivity contribution is -0.142. The summed E-state index contributed by atoms with van der Waals surface area (Å²) in [6.07, 6.45) is 4.31. The maximum absolute atomic E-state index is 12.5. The van der Waals surface area contributed by atoms with Crippen molar-refractivity contribution in [1.82, 2.24) is 13.6 Å². The topological polar surface area (TPSA) is 90.8 Å². The highest BCUT2D eigenvalue weighted by molar-refractivity contribution is 7.86. The maximum atomic E-state index is 12.5. The van der Waals surface area contributed by atoms with Crippen LogP contribution in [-0.2, 0) is 21.5 Å². The molecule has 1 unspecified atom stereocenters. The SMILES string of the molecule is CN(Cc1ccncc1)S(=O)(=O)N1CCCC(C(=O)O)C1. The molecule has 7 nitrogen and oxygen atoms in total. The minimum Gasteiger partial charge on any atom is -0.481 e. The predicted molar refractivity (Wildman–Crippen MR) is 76.6 cm³/mol. The minimum atomic E-state index is -3.64. The van der Waals surface area contributed by atoms with E-state index in [-0.39, 0.29) is 13.1 Å². The van der Waals surface area contributed by atoms with Gasteiger partial charge in [-0.15, -0.1) is 0 Å². The van der Waals surface area contributed by atoms with Crippen molar-refractivity contribution >= 4 is 16.2 Å². The van der Waals surface area contributed by atoms with E-state index in [1.165, 1.54) is 15.7 Å². The summed E-state index contributed by atoms with van der Waals surface area (Å²) in [6.45, 7) is 0.643. The average molecular weight is 313 g/mol. The molecule has 0 spiro atoms. The van der Waals surface area contributed by atoms with Crippen molar-refractivity contribution in [2.75, 3.05) is 20.1 Å². The number of nitrogens with zero attached hydrogens (tertiary/aromatic N) is 3. The molecule has 0 amide bonds. The van der Waals surface area contributed by atoms with Gasteiger partial charge in [-0.25, -0.2) is 0 Å². The van der Waals surface area contributed by atoms with Crippen LogP contribution in [0.25, 0.3) is 0 Å². The van der Waals surface area contributed by atoms with Crippen LogP contribution in [0.2, 0.25) is 0 Å². The molecule has 0 aromatic carbocycles. The molecule has 1 N–H and O–H groups in total. The smallest absolute Gasteiger partial charge is 0.307 e. The Hall–Kier alpha value is -1.51. The predicted octanol–water partition coefficient (Wildman–Crippen LogP) is 0.555. The second-order valence-corrected chi connectivity index (χ2v) is 7.19. The average Bonchev–Trinajstić information content (AvgIpc) is 2.48. The van der Waals surface area contributed by atoms with Gasteiger partial charge in [0.25, 0.3) is 10.2 Å². The molecular formula is C13H19N3O4S. The first-order valence-corrected chi connectivity index (χ1v) is 8.14. The highest BCUT2D eigenvalue weighted by Gasteiger charge is 2.34. The number of carboxylic acid groups (broad SMARTS) is 1. The van der Waals surface area contributed by atoms with Gasteiger partial charge in [-0.05, 0) is 30.5 Å². The summed E-state index contributed by atoms with van der Waals surface area (Å²) in [6, 6.07) is 3.50. The Labute approximate surface area is 124 Å². The van der Waals surface area contributed by atoms with Crippen LogP contribution >= 0.6 is 0 Å². The van der Waals surface area contributed by atoms with E-state index >= 15 is 0 Å². The van der Waals surface area contributed by atoms with Crippen molar-refractivity contribution in [2.24, 2.45) is 5.92 Å². The number of carbonyl (C=O) groups is 1. The molecule has 0 bridgehead atoms. The summed E-state index contributed by atoms with van der Waals surface area (Å²) in [5, 5.41) is 9.05. The van der Waals surface area contributed by atoms with Gasteiger partial charge in [0.15, 0.2) is 0 Å². The third kappa shape index (κ3) is 3.78. The van der Waals surface area contributed by atoms with Gasteiger partial charge in [0.2, 0.25) is 0 Å². The van der Waals surface area contributed by atoms with E-state index in [4.69, 9.17) is 5.11 Å². The Morgan fingerprint density at radius 2 is 2.14 bits per heavy atom. The maximum Gasteiger partial charge on any atom is 0.307 e. The number of hydrogen-bond donors (Lipinski definition) is 1. The van der Waals surface area contributed by atoms with Crippen LogP contribution in [0.15, 0.2) is 24.5 Å². The van der Waals surface area contributed by atoms with E-state index < -0.39 is 22.1 Å². The minimum absolute atomic E-state index is 0.0400. The lowest BCUT2D eigenvalue weighted by Gasteiger charge is -2.32. The fraction of sp³-hybridized carbons (Fsp3) is 0.538. The van der Waals surface area contributed by atoms with Gasteiger partial charge in [-0.1, -0.05) is 0 Å². The number of pyridine rings is 1. The molecule has 2 heterocycles. The molecule has 1 aromatic rings. The molecule has 1 aliphatic heterocycles. The standard InChI is InChI=1S/C13H19N3O4S/c1-15(9-11-4-6-14-7-5-11)21(19,20)16-8-2-3-12(10-16)13(17)18/h4-7,12H,2-3,8-10H2,1H3,(H,17,18). The highest BCUT2D eigenvalue weighted by atomic mass is 32.2. The molecule has 0 saturated carbocycles. The Balaban J connectivity index is 2.08. The van der Waals surface area contributed by atoms with Crippen molar-refractivity contribution in [3.63, 3.8) is 0 Å². The van der Waals surface area contributed by atoms with Crippen molar-refractivity contribution in [3.8, 4) is 0 Å². The second-order valence-electron chi connectivity index (χ2n) is 5.15. The quantitative estimate of drug-likeness (QED) is 0.857. The normalized spacial score (nSPS) is 20.6. The Bertz CT molecular complexity index is 591. The zero-order valence-corrected chi connectivity index (χ0v) is 12.7. The molecule has 2 rings (SSSR count). The molecule has 1 aromatic heterocycles. The van der Waals surface area contributed by atoms with Crippen LogP contribution in [0, 0.1) is 5.92 Å². The van der Waals surface area contributed by atoms with Gasteiger partial charge < -0.3 is 5.11 Å². The number of carboxylic acids is 1. The van der Waals surface area contributed by atoms with Gasteiger partial charge in [0, 0.05) is 39.1 Å². The van der Waals surface area contributed by atoms with E-state index in [0.717, 1.165) is 5.56 Å². The fourth-order valence-electron chi connectivity index (χ4n) is 2.38. The summed E-state index contributed by atoms with van der Waals surface area (Å²) in [5.74, 6) is -1.56. The van der Waals surface area contributed by atoms with E-state index in [0.29, 0.717) is 19.4 Å². The zero-order valence-electron chi connectivity index (χ0n) is 11.8. The van der Waals surface area contributed by atoms with E-state index in [1.807, 2.05) is 0 Å². The molecule has 1 atom stereocenters. The van der Waals surface area contributed by atoms with Gasteiger partial charge in [0.1, 0.15) is 0 Å². The van der Waals surface area contributed by atoms with Gasteiger partial charge >= 0.3 is 5.97 Å². The summed E-state index contributed by atoms with van der Waals surface area (Å²) in [4.78, 5) is 14.9. The first-order valence-electron chi connectivity index (χ1n) is 6.74. The van der Waals surface area contributed by atoms with E-state index in [2.05, 4.69) is 4.98 Å². The third-order valence-electron chi connectivity index (χ3n) is 3.61. The molecule has 8 heteroatoms. The molecule has 1 saturated heterocycles. The van der Waals surface area contributed by atoms with Crippen molar-refractivity contribution < 1.29 is 18.3 Å². The van der Waals surface area contributed by atoms with Crippen LogP contribution in [0.4, 0.5) is 0 Å². The molecule has 21 heavy (non-hydrogen) atoms. The molecule has 0 aliphatic carbocycles. The Kier molecular flexibility index (Phi) is 4.92. The van der Waals surface area contributed by atoms with Crippen LogP contribution in [0.5, 0.6) is 0 Å². The van der Waals surface area contributed by atoms with Crippen LogP contribution in [-0.4, -0.2) is 53.2 Å². The molecule has 1 aliphatic rings. The summed E-state index contributed by atoms with van der Waals surface area (Å²) in [7, 11) is -2.14. The largest absolute Gasteiger partial charge is 0.481 e. The van der Waals surface area contributed by atoms with Crippen molar-refractivity contribution in [1.29, 1.82) is 0 Å². The third-order valence-corrected chi connectivity index (χ3v) is 5.51. The zero-order chi connectivity index (χ0) is 15.5. The number of rotatable bonds is 5. The summed E-state index contributed by atoms with van der Waals surface area (Å²) < 4.78 is 27.5. The van der Waals surface area contributed by atoms with Gasteiger partial charge in [-0.2, -0.15) is 17.0 Å². The Morgan fingerprint density at radius 3 is 2.76 bits per heavy atom. The monoisotopic (exact) mass is 313 g/mol. The van der Waals surface area contributed by atoms with E-state index in [9.17, 15) is 13.2 Å². The van der Waals surface area contributed by atoms with Crippen molar-refractivity contribution in [2.45, 2.75) is 19.4 Å². The van der Waals surface area contributed by atoms with Crippen molar-refractivity contribution in [3.05, 3.63) is 30.1 Å². The lowest BCUT2D eigenvalue weighted by Crippen LogP contribution is -2.47. The number of aromatic nitrogens is 1. The molecule has 0 radical (unpaired) electrons. The fourth-order valence-corrected chi connectivity index (χ4v) is 3.81. The van der Waals surface area contributed by atoms with Gasteiger partial charge in [-0.3, -0.25) is 9.78 Å². The Morgan fingerprint density at radius 1 is 1.48 bits per heavy atom. The highest BCUT2D eigenvalue weighted by Crippen LogP contribution is 2.21. The van der Waals surface area contributed by atoms with Crippen LogP contribution in [0.1, 0.15) is 18.4 Å². The number of hydrogen-bond acceptors (Lipinski definition) is 4. The number of piperidine rings is 1. The van der Waals surface area contributed by atoms with Gasteiger partial charge in [0.05, 0.1) is 5.92 Å². The number of aliphatic carboxylic acids is 1. The molecule has 1 fully saturated rings. The first kappa shape index (κ1) is 15.9. The first-order chi connectivity index (χ1) is 9.91. The lowest BCUT2D eigenvalue weighted by atomic mass is 10.0. The van der Waals surface area contributed by atoms with E-state index in [1.54, 1.807) is 24.5 Å². The summed E-state index contributed by atoms with van der Waals surface area (Å²) in [5.41, 5.74) is 0.836. The van der Waals surface area contributed by atoms with Crippen LogP contribution < -0.4 is 0 Å². The van der Waals surface area contributed by atoms with Crippen LogP contribution in [0.3, 0.4) is 0 Å². The summed E-state index contributed by atoms with van der Waals surface area (Å²) >= 11 is 0. The molecule has 116 valence electrons.